The molecule has 0 saturated carbocycles. The number of halogens is 1. The molecule has 0 fully saturated rings. The average Bonchev–Trinajstić information content (AvgIpc) is 2.85. The molecule has 0 saturated heterocycles. The summed E-state index contributed by atoms with van der Waals surface area (Å²) in [5.41, 5.74) is 1.00. The number of rotatable bonds is 5. The molecule has 0 aliphatic heterocycles. The van der Waals surface area contributed by atoms with Gasteiger partial charge in [-0.15, -0.1) is 10.2 Å². The van der Waals surface area contributed by atoms with Crippen LogP contribution < -0.4 is 5.32 Å². The van der Waals surface area contributed by atoms with Crippen LogP contribution in [0.2, 0.25) is 5.02 Å². The van der Waals surface area contributed by atoms with Gasteiger partial charge < -0.3 is 10.4 Å². The van der Waals surface area contributed by atoms with Crippen molar-refractivity contribution in [2.45, 2.75) is 33.3 Å². The average molecular weight is 326 g/mol. The molecule has 0 bridgehead atoms. The third-order valence-corrected chi connectivity index (χ3v) is 4.31. The number of benzene rings is 1. The van der Waals surface area contributed by atoms with Crippen molar-refractivity contribution in [3.63, 3.8) is 0 Å². The number of nitrogens with one attached hydrogen (secondary N) is 1. The Balaban J connectivity index is 1.91. The molecule has 2 rings (SSSR count). The molecule has 0 aliphatic rings. The molecule has 2 aromatic rings. The first-order chi connectivity index (χ1) is 9.84. The van der Waals surface area contributed by atoms with E-state index in [9.17, 15) is 5.11 Å². The minimum atomic E-state index is -0.430. The maximum atomic E-state index is 10.00. The Bertz CT molecular complexity index is 577. The molecular formula is C15H20ClN3OS. The lowest BCUT2D eigenvalue weighted by Gasteiger charge is -2.25. The van der Waals surface area contributed by atoms with E-state index >= 15 is 0 Å². The Morgan fingerprint density at radius 2 is 1.90 bits per heavy atom. The number of hydrogen-bond acceptors (Lipinski definition) is 5. The van der Waals surface area contributed by atoms with E-state index in [0.29, 0.717) is 6.54 Å². The zero-order chi connectivity index (χ0) is 15.5. The molecule has 114 valence electrons. The van der Waals surface area contributed by atoms with Gasteiger partial charge in [0, 0.05) is 18.0 Å². The number of nitrogens with zero attached hydrogens (tertiary/aromatic N) is 2. The Morgan fingerprint density at radius 1 is 1.24 bits per heavy atom. The van der Waals surface area contributed by atoms with Gasteiger partial charge in [-0.2, -0.15) is 0 Å². The number of anilines is 1. The van der Waals surface area contributed by atoms with Crippen LogP contribution in [-0.2, 0) is 6.42 Å². The van der Waals surface area contributed by atoms with Crippen LogP contribution >= 0.6 is 22.9 Å². The summed E-state index contributed by atoms with van der Waals surface area (Å²) < 4.78 is 0. The zero-order valence-electron chi connectivity index (χ0n) is 12.4. The molecule has 2 N–H and O–H groups in total. The third kappa shape index (κ3) is 4.95. The summed E-state index contributed by atoms with van der Waals surface area (Å²) in [5.74, 6) is 0. The largest absolute Gasteiger partial charge is 0.391 e. The summed E-state index contributed by atoms with van der Waals surface area (Å²) in [6.45, 7) is 6.49. The highest BCUT2D eigenvalue weighted by Gasteiger charge is 2.22. The second-order valence-electron chi connectivity index (χ2n) is 6.07. The highest BCUT2D eigenvalue weighted by atomic mass is 35.5. The van der Waals surface area contributed by atoms with Crippen LogP contribution in [0.1, 0.15) is 31.3 Å². The van der Waals surface area contributed by atoms with Crippen LogP contribution in [-0.4, -0.2) is 28.0 Å². The summed E-state index contributed by atoms with van der Waals surface area (Å²) in [4.78, 5) is 0. The van der Waals surface area contributed by atoms with Gasteiger partial charge in [-0.1, -0.05) is 55.8 Å². The first kappa shape index (κ1) is 16.2. The SMILES string of the molecule is CC(C)(C)C(O)CNc1nnc(Cc2ccc(Cl)cc2)s1. The summed E-state index contributed by atoms with van der Waals surface area (Å²) in [6.07, 6.45) is 0.305. The molecule has 1 aromatic carbocycles. The topological polar surface area (TPSA) is 58.0 Å². The van der Waals surface area contributed by atoms with Crippen molar-refractivity contribution in [1.82, 2.24) is 10.2 Å². The maximum Gasteiger partial charge on any atom is 0.205 e. The molecule has 0 aliphatic carbocycles. The molecule has 0 spiro atoms. The fraction of sp³-hybridized carbons (Fsp3) is 0.467. The van der Waals surface area contributed by atoms with Gasteiger partial charge in [-0.3, -0.25) is 0 Å². The van der Waals surface area contributed by atoms with Crippen molar-refractivity contribution in [3.05, 3.63) is 39.9 Å². The van der Waals surface area contributed by atoms with Crippen LogP contribution in [0, 0.1) is 5.41 Å². The van der Waals surface area contributed by atoms with Crippen LogP contribution in [0.5, 0.6) is 0 Å². The van der Waals surface area contributed by atoms with E-state index in [1.165, 1.54) is 11.3 Å². The molecule has 1 atom stereocenters. The van der Waals surface area contributed by atoms with Crippen molar-refractivity contribution in [3.8, 4) is 0 Å². The molecule has 4 nitrogen and oxygen atoms in total. The van der Waals surface area contributed by atoms with Crippen LogP contribution in [0.25, 0.3) is 0 Å². The van der Waals surface area contributed by atoms with E-state index in [-0.39, 0.29) is 5.41 Å². The van der Waals surface area contributed by atoms with E-state index in [2.05, 4.69) is 15.5 Å². The second-order valence-corrected chi connectivity index (χ2v) is 7.57. The molecule has 1 unspecified atom stereocenters. The van der Waals surface area contributed by atoms with Crippen molar-refractivity contribution < 1.29 is 5.11 Å². The predicted octanol–water partition coefficient (Wildman–Crippen LogP) is 3.60. The number of hydrogen-bond donors (Lipinski definition) is 2. The summed E-state index contributed by atoms with van der Waals surface area (Å²) in [6, 6.07) is 7.72. The van der Waals surface area contributed by atoms with Gasteiger partial charge in [0.25, 0.3) is 0 Å². The fourth-order valence-corrected chi connectivity index (χ4v) is 2.57. The van der Waals surface area contributed by atoms with E-state index < -0.39 is 6.10 Å². The molecule has 0 radical (unpaired) electrons. The Kier molecular flexibility index (Phi) is 5.19. The molecule has 6 heteroatoms. The molecule has 1 heterocycles. The van der Waals surface area contributed by atoms with Gasteiger partial charge in [-0.05, 0) is 23.1 Å². The highest BCUT2D eigenvalue weighted by Crippen LogP contribution is 2.22. The summed E-state index contributed by atoms with van der Waals surface area (Å²) in [5, 5.41) is 23.8. The van der Waals surface area contributed by atoms with Crippen LogP contribution in [0.15, 0.2) is 24.3 Å². The predicted molar refractivity (Wildman–Crippen MR) is 88.1 cm³/mol. The monoisotopic (exact) mass is 325 g/mol. The van der Waals surface area contributed by atoms with E-state index in [0.717, 1.165) is 27.1 Å². The standard InChI is InChI=1S/C15H20ClN3OS/c1-15(2,3)12(20)9-17-14-19-18-13(21-14)8-10-4-6-11(16)7-5-10/h4-7,12,20H,8-9H2,1-3H3,(H,17,19). The van der Waals surface area contributed by atoms with Gasteiger partial charge in [-0.25, -0.2) is 0 Å². The molecule has 0 amide bonds. The lowest BCUT2D eigenvalue weighted by molar-refractivity contribution is 0.0746. The maximum absolute atomic E-state index is 10.00. The van der Waals surface area contributed by atoms with E-state index in [1.807, 2.05) is 45.0 Å². The minimum absolute atomic E-state index is 0.149. The lowest BCUT2D eigenvalue weighted by Crippen LogP contribution is -2.32. The van der Waals surface area contributed by atoms with Crippen molar-refractivity contribution in [2.75, 3.05) is 11.9 Å². The first-order valence-electron chi connectivity index (χ1n) is 6.83. The Morgan fingerprint density at radius 3 is 2.52 bits per heavy atom. The van der Waals surface area contributed by atoms with Crippen molar-refractivity contribution in [1.29, 1.82) is 0 Å². The fourth-order valence-electron chi connectivity index (χ4n) is 1.66. The zero-order valence-corrected chi connectivity index (χ0v) is 14.0. The van der Waals surface area contributed by atoms with Gasteiger partial charge in [0.2, 0.25) is 5.13 Å². The second kappa shape index (κ2) is 6.73. The summed E-state index contributed by atoms with van der Waals surface area (Å²) in [7, 11) is 0. The molecule has 1 aromatic heterocycles. The first-order valence-corrected chi connectivity index (χ1v) is 8.03. The number of aliphatic hydroxyl groups is 1. The lowest BCUT2D eigenvalue weighted by atomic mass is 9.89. The van der Waals surface area contributed by atoms with Crippen LogP contribution in [0.3, 0.4) is 0 Å². The van der Waals surface area contributed by atoms with Crippen LogP contribution in [0.4, 0.5) is 5.13 Å². The normalized spacial score (nSPS) is 13.2. The highest BCUT2D eigenvalue weighted by molar-refractivity contribution is 7.15. The van der Waals surface area contributed by atoms with Gasteiger partial charge in [0.1, 0.15) is 5.01 Å². The minimum Gasteiger partial charge on any atom is -0.391 e. The number of aromatic nitrogens is 2. The molecular weight excluding hydrogens is 306 g/mol. The third-order valence-electron chi connectivity index (χ3n) is 3.18. The smallest absolute Gasteiger partial charge is 0.205 e. The molecule has 21 heavy (non-hydrogen) atoms. The Hall–Kier alpha value is -1.17. The Labute approximate surface area is 134 Å². The van der Waals surface area contributed by atoms with E-state index in [4.69, 9.17) is 11.6 Å². The van der Waals surface area contributed by atoms with Gasteiger partial charge >= 0.3 is 0 Å². The van der Waals surface area contributed by atoms with Crippen molar-refractivity contribution in [2.24, 2.45) is 5.41 Å². The van der Waals surface area contributed by atoms with Gasteiger partial charge in [0.15, 0.2) is 0 Å². The van der Waals surface area contributed by atoms with E-state index in [1.54, 1.807) is 0 Å². The van der Waals surface area contributed by atoms with Crippen molar-refractivity contribution >= 4 is 28.1 Å². The van der Waals surface area contributed by atoms with Gasteiger partial charge in [0.05, 0.1) is 6.10 Å². The number of aliphatic hydroxyl groups excluding tert-OH is 1. The quantitative estimate of drug-likeness (QED) is 0.881. The summed E-state index contributed by atoms with van der Waals surface area (Å²) >= 11 is 7.37.